The van der Waals surface area contributed by atoms with Crippen LogP contribution in [-0.2, 0) is 6.42 Å². The summed E-state index contributed by atoms with van der Waals surface area (Å²) in [4.78, 5) is 37.6. The van der Waals surface area contributed by atoms with E-state index < -0.39 is 4.92 Å². The molecular weight excluding hydrogens is 336 g/mol. The lowest BCUT2D eigenvalue weighted by atomic mass is 9.94. The van der Waals surface area contributed by atoms with Crippen LogP contribution in [0.25, 0.3) is 0 Å². The van der Waals surface area contributed by atoms with Crippen LogP contribution in [0.4, 0.5) is 11.4 Å². The molecule has 8 nitrogen and oxygen atoms in total. The molecule has 1 amide bonds. The quantitative estimate of drug-likeness (QED) is 0.418. The lowest BCUT2D eigenvalue weighted by Crippen LogP contribution is -2.29. The van der Waals surface area contributed by atoms with Crippen molar-refractivity contribution in [3.05, 3.63) is 56.9 Å². The van der Waals surface area contributed by atoms with E-state index >= 15 is 0 Å². The average molecular weight is 356 g/mol. The zero-order valence-corrected chi connectivity index (χ0v) is 14.4. The Hall–Kier alpha value is -3.16. The fourth-order valence-corrected chi connectivity index (χ4v) is 3.17. The number of H-pyrrole nitrogens is 1. The summed E-state index contributed by atoms with van der Waals surface area (Å²) in [5.74, 6) is -0.144. The van der Waals surface area contributed by atoms with E-state index in [0.717, 1.165) is 24.2 Å². The Bertz CT molecular complexity index is 855. The van der Waals surface area contributed by atoms with Gasteiger partial charge in [-0.2, -0.15) is 0 Å². The van der Waals surface area contributed by atoms with Gasteiger partial charge in [-0.1, -0.05) is 0 Å². The monoisotopic (exact) mass is 356 g/mol. The molecule has 0 bridgehead atoms. The van der Waals surface area contributed by atoms with Crippen molar-refractivity contribution in [2.45, 2.75) is 26.2 Å². The highest BCUT2D eigenvalue weighted by Gasteiger charge is 2.26. The lowest BCUT2D eigenvalue weighted by molar-refractivity contribution is -0.384. The van der Waals surface area contributed by atoms with E-state index in [0.29, 0.717) is 36.3 Å². The summed E-state index contributed by atoms with van der Waals surface area (Å²) in [5.41, 5.74) is 3.45. The Kier molecular flexibility index (Phi) is 5.01. The molecule has 3 rings (SSSR count). The number of hydrogen-bond acceptors (Lipinski definition) is 5. The molecule has 0 saturated carbocycles. The van der Waals surface area contributed by atoms with Crippen LogP contribution >= 0.6 is 0 Å². The van der Waals surface area contributed by atoms with Gasteiger partial charge in [0.25, 0.3) is 11.6 Å². The van der Waals surface area contributed by atoms with Gasteiger partial charge in [0.15, 0.2) is 5.78 Å². The fourth-order valence-electron chi connectivity index (χ4n) is 3.17. The van der Waals surface area contributed by atoms with E-state index in [-0.39, 0.29) is 17.4 Å². The Morgan fingerprint density at radius 1 is 1.23 bits per heavy atom. The second-order valence-corrected chi connectivity index (χ2v) is 6.24. The van der Waals surface area contributed by atoms with Gasteiger partial charge in [0.05, 0.1) is 4.92 Å². The lowest BCUT2D eigenvalue weighted by Gasteiger charge is -2.09. The van der Waals surface area contributed by atoms with E-state index in [4.69, 9.17) is 0 Å². The number of amides is 1. The van der Waals surface area contributed by atoms with Crippen LogP contribution < -0.4 is 10.6 Å². The molecule has 0 fully saturated rings. The number of nitrogens with one attached hydrogen (secondary N) is 3. The van der Waals surface area contributed by atoms with Gasteiger partial charge in [0.2, 0.25) is 0 Å². The van der Waals surface area contributed by atoms with Gasteiger partial charge in [0, 0.05) is 48.6 Å². The summed E-state index contributed by atoms with van der Waals surface area (Å²) in [5, 5.41) is 16.5. The van der Waals surface area contributed by atoms with Crippen molar-refractivity contribution in [3.63, 3.8) is 0 Å². The molecule has 0 unspecified atom stereocenters. The molecule has 1 aromatic carbocycles. The zero-order chi connectivity index (χ0) is 18.7. The van der Waals surface area contributed by atoms with Gasteiger partial charge in [-0.05, 0) is 37.5 Å². The van der Waals surface area contributed by atoms with Gasteiger partial charge in [-0.3, -0.25) is 19.7 Å². The number of ketones is 1. The minimum atomic E-state index is -0.451. The molecule has 0 spiro atoms. The fraction of sp³-hybridized carbons (Fsp3) is 0.333. The molecule has 136 valence electrons. The molecule has 1 heterocycles. The van der Waals surface area contributed by atoms with Gasteiger partial charge >= 0.3 is 0 Å². The van der Waals surface area contributed by atoms with Crippen LogP contribution in [0, 0.1) is 17.0 Å². The summed E-state index contributed by atoms with van der Waals surface area (Å²) >= 11 is 0. The number of aromatic amines is 1. The van der Waals surface area contributed by atoms with Crippen LogP contribution in [0.1, 0.15) is 44.9 Å². The first-order chi connectivity index (χ1) is 12.5. The maximum Gasteiger partial charge on any atom is 0.269 e. The Morgan fingerprint density at radius 2 is 1.96 bits per heavy atom. The predicted molar refractivity (Wildman–Crippen MR) is 96.7 cm³/mol. The summed E-state index contributed by atoms with van der Waals surface area (Å²) in [6, 6.07) is 6.08. The second-order valence-electron chi connectivity index (χ2n) is 6.24. The number of aryl methyl sites for hydroxylation is 1. The van der Waals surface area contributed by atoms with Crippen LogP contribution in [-0.4, -0.2) is 34.7 Å². The number of benzene rings is 1. The van der Waals surface area contributed by atoms with Crippen molar-refractivity contribution >= 4 is 23.1 Å². The first kappa shape index (κ1) is 17.7. The number of carbonyl (C=O) groups excluding carboxylic acids is 2. The smallest absolute Gasteiger partial charge is 0.269 e. The van der Waals surface area contributed by atoms with Crippen LogP contribution in [0.5, 0.6) is 0 Å². The predicted octanol–water partition coefficient (Wildman–Crippen LogP) is 2.59. The minimum absolute atomic E-state index is 0.0320. The average Bonchev–Trinajstić information content (AvgIpc) is 2.97. The highest BCUT2D eigenvalue weighted by atomic mass is 16.6. The van der Waals surface area contributed by atoms with Gasteiger partial charge in [-0.25, -0.2) is 0 Å². The number of nitro benzene ring substituents is 1. The first-order valence-corrected chi connectivity index (χ1v) is 8.48. The Morgan fingerprint density at radius 3 is 2.62 bits per heavy atom. The largest absolute Gasteiger partial charge is 0.383 e. The van der Waals surface area contributed by atoms with Gasteiger partial charge < -0.3 is 15.6 Å². The third kappa shape index (κ3) is 3.58. The number of Topliss-reactive ketones (excluding diaryl/α,β-unsaturated/α-hetero) is 1. The standard InChI is InChI=1S/C18H20N4O4/c1-11-16-14(3-2-4-15(16)23)21-17(11)18(24)20-10-9-19-12-5-7-13(8-6-12)22(25)26/h5-8,19,21H,2-4,9-10H2,1H3,(H,20,24). The molecule has 1 aliphatic rings. The van der Waals surface area contributed by atoms with E-state index in [2.05, 4.69) is 15.6 Å². The summed E-state index contributed by atoms with van der Waals surface area (Å²) < 4.78 is 0. The number of anilines is 1. The minimum Gasteiger partial charge on any atom is -0.383 e. The van der Waals surface area contributed by atoms with Crippen molar-refractivity contribution in [1.82, 2.24) is 10.3 Å². The number of non-ortho nitro benzene ring substituents is 1. The molecule has 0 saturated heterocycles. The number of rotatable bonds is 6. The molecule has 1 aromatic heterocycles. The molecule has 26 heavy (non-hydrogen) atoms. The highest BCUT2D eigenvalue weighted by Crippen LogP contribution is 2.26. The maximum atomic E-state index is 12.4. The molecular formula is C18H20N4O4. The van der Waals surface area contributed by atoms with Crippen LogP contribution in [0.2, 0.25) is 0 Å². The first-order valence-electron chi connectivity index (χ1n) is 8.48. The SMILES string of the molecule is Cc1c(C(=O)NCCNc2ccc([N+](=O)[O-])cc2)[nH]c2c1C(=O)CCC2. The number of carbonyl (C=O) groups is 2. The van der Waals surface area contributed by atoms with Crippen molar-refractivity contribution < 1.29 is 14.5 Å². The van der Waals surface area contributed by atoms with E-state index in [1.165, 1.54) is 12.1 Å². The van der Waals surface area contributed by atoms with Crippen molar-refractivity contribution in [1.29, 1.82) is 0 Å². The maximum absolute atomic E-state index is 12.4. The molecule has 0 atom stereocenters. The van der Waals surface area contributed by atoms with Crippen molar-refractivity contribution in [3.8, 4) is 0 Å². The molecule has 1 aliphatic carbocycles. The summed E-state index contributed by atoms with van der Waals surface area (Å²) in [7, 11) is 0. The topological polar surface area (TPSA) is 117 Å². The molecule has 3 N–H and O–H groups in total. The number of fused-ring (bicyclic) bond motifs is 1. The third-order valence-corrected chi connectivity index (χ3v) is 4.48. The van der Waals surface area contributed by atoms with E-state index in [9.17, 15) is 19.7 Å². The normalized spacial score (nSPS) is 13.2. The highest BCUT2D eigenvalue weighted by molar-refractivity contribution is 6.04. The number of aromatic nitrogens is 1. The number of hydrogen-bond donors (Lipinski definition) is 3. The third-order valence-electron chi connectivity index (χ3n) is 4.48. The zero-order valence-electron chi connectivity index (χ0n) is 14.4. The van der Waals surface area contributed by atoms with Crippen LogP contribution in [0.15, 0.2) is 24.3 Å². The van der Waals surface area contributed by atoms with Gasteiger partial charge in [-0.15, -0.1) is 0 Å². The molecule has 0 aliphatic heterocycles. The van der Waals surface area contributed by atoms with Crippen LogP contribution in [0.3, 0.4) is 0 Å². The Balaban J connectivity index is 1.53. The molecule has 0 radical (unpaired) electrons. The van der Waals surface area contributed by atoms with E-state index in [1.807, 2.05) is 0 Å². The summed E-state index contributed by atoms with van der Waals surface area (Å²) in [6.45, 7) is 2.65. The van der Waals surface area contributed by atoms with Gasteiger partial charge in [0.1, 0.15) is 5.69 Å². The molecule has 8 heteroatoms. The van der Waals surface area contributed by atoms with Crippen molar-refractivity contribution in [2.24, 2.45) is 0 Å². The summed E-state index contributed by atoms with van der Waals surface area (Å²) in [6.07, 6.45) is 2.13. The Labute approximate surface area is 150 Å². The molecule has 2 aromatic rings. The second kappa shape index (κ2) is 7.38. The van der Waals surface area contributed by atoms with E-state index in [1.54, 1.807) is 19.1 Å². The number of nitro groups is 1. The number of nitrogens with zero attached hydrogens (tertiary/aromatic N) is 1. The van der Waals surface area contributed by atoms with Crippen molar-refractivity contribution in [2.75, 3.05) is 18.4 Å².